The second-order valence-electron chi connectivity index (χ2n) is 14.2. The molecule has 3 N–H and O–H groups in total. The molecule has 0 aliphatic rings. The van der Waals surface area contributed by atoms with Crippen LogP contribution in [0.3, 0.4) is 0 Å². The third-order valence-electron chi connectivity index (χ3n) is 9.12. The molecule has 7 heteroatoms. The summed E-state index contributed by atoms with van der Waals surface area (Å²) in [4.78, 5) is 12.5. The topological polar surface area (TPSA) is 104 Å². The van der Waals surface area contributed by atoms with Crippen molar-refractivity contribution >= 4 is 16.0 Å². The summed E-state index contributed by atoms with van der Waals surface area (Å²) in [5, 5.41) is 13.2. The lowest BCUT2D eigenvalue weighted by Crippen LogP contribution is -2.46. The normalized spacial score (nSPS) is 14.0. The highest BCUT2D eigenvalue weighted by Gasteiger charge is 2.24. The zero-order valence-electron chi connectivity index (χ0n) is 33.4. The first-order chi connectivity index (χ1) is 25.3. The van der Waals surface area contributed by atoms with Crippen molar-refractivity contribution in [3.63, 3.8) is 0 Å². The van der Waals surface area contributed by atoms with Crippen LogP contribution in [0.15, 0.2) is 72.9 Å². The average Bonchev–Trinajstić information content (AvgIpc) is 3.11. The summed E-state index contributed by atoms with van der Waals surface area (Å²) in [5.74, 6) is -1.02. The van der Waals surface area contributed by atoms with Gasteiger partial charge in [0.25, 0.3) is 10.1 Å². The Morgan fingerprint density at radius 3 is 1.44 bits per heavy atom. The highest BCUT2D eigenvalue weighted by Crippen LogP contribution is 2.13. The lowest BCUT2D eigenvalue weighted by atomic mass is 10.0. The lowest BCUT2D eigenvalue weighted by Gasteiger charge is -2.21. The summed E-state index contributed by atoms with van der Waals surface area (Å²) in [5.41, 5.74) is 0. The summed E-state index contributed by atoms with van der Waals surface area (Å²) in [6.07, 6.45) is 54.6. The molecule has 6 nitrogen and oxygen atoms in total. The summed E-state index contributed by atoms with van der Waals surface area (Å²) >= 11 is 0. The van der Waals surface area contributed by atoms with E-state index >= 15 is 0 Å². The number of carbonyl (C=O) groups is 1. The Morgan fingerprint density at radius 2 is 0.942 bits per heavy atom. The Kier molecular flexibility index (Phi) is 36.9. The summed E-state index contributed by atoms with van der Waals surface area (Å²) < 4.78 is 32.5. The number of unbranched alkanes of at least 4 members (excludes halogenated alkanes) is 19. The van der Waals surface area contributed by atoms with Crippen LogP contribution in [-0.4, -0.2) is 41.9 Å². The largest absolute Gasteiger partial charge is 0.387 e. The smallest absolute Gasteiger partial charge is 0.267 e. The van der Waals surface area contributed by atoms with Gasteiger partial charge in [-0.25, -0.2) is 0 Å². The molecule has 0 aliphatic carbocycles. The van der Waals surface area contributed by atoms with E-state index in [1.807, 2.05) is 6.08 Å². The Hall–Kier alpha value is -2.22. The maximum absolute atomic E-state index is 12.5. The maximum atomic E-state index is 12.5. The fraction of sp³-hybridized carbons (Fsp3) is 0.711. The zero-order chi connectivity index (χ0) is 38.2. The predicted molar refractivity (Wildman–Crippen MR) is 225 cm³/mol. The monoisotopic (exact) mass is 746 g/mol. The van der Waals surface area contributed by atoms with E-state index in [1.54, 1.807) is 0 Å². The molecule has 0 aliphatic heterocycles. The summed E-state index contributed by atoms with van der Waals surface area (Å²) in [6, 6.07) is -1.08. The number of aliphatic hydroxyl groups excluding tert-OH is 1. The van der Waals surface area contributed by atoms with Gasteiger partial charge in [0.15, 0.2) is 0 Å². The van der Waals surface area contributed by atoms with Crippen molar-refractivity contribution in [1.82, 2.24) is 5.32 Å². The van der Waals surface area contributed by atoms with Gasteiger partial charge in [-0.1, -0.05) is 183 Å². The molecule has 0 fully saturated rings. The van der Waals surface area contributed by atoms with E-state index in [0.717, 1.165) is 77.0 Å². The molecular formula is C45H79NO5S. The van der Waals surface area contributed by atoms with Crippen LogP contribution in [0.2, 0.25) is 0 Å². The van der Waals surface area contributed by atoms with Crippen molar-refractivity contribution < 1.29 is 22.9 Å². The van der Waals surface area contributed by atoms with Crippen LogP contribution in [0.25, 0.3) is 0 Å². The van der Waals surface area contributed by atoms with Crippen LogP contribution >= 0.6 is 0 Å². The molecule has 0 saturated carbocycles. The minimum absolute atomic E-state index is 0.268. The molecule has 0 radical (unpaired) electrons. The number of amides is 1. The van der Waals surface area contributed by atoms with Crippen molar-refractivity contribution in [3.05, 3.63) is 72.9 Å². The first kappa shape index (κ1) is 49.8. The number of nitrogens with one attached hydrogen (secondary N) is 1. The van der Waals surface area contributed by atoms with Crippen LogP contribution in [0, 0.1) is 0 Å². The van der Waals surface area contributed by atoms with Gasteiger partial charge in [-0.2, -0.15) is 8.42 Å². The Bertz CT molecular complexity index is 1090. The third-order valence-corrected chi connectivity index (χ3v) is 9.90. The van der Waals surface area contributed by atoms with Gasteiger partial charge in [0, 0.05) is 6.42 Å². The van der Waals surface area contributed by atoms with Crippen molar-refractivity contribution in [2.24, 2.45) is 0 Å². The van der Waals surface area contributed by atoms with E-state index in [-0.39, 0.29) is 12.3 Å². The second kappa shape index (κ2) is 38.5. The number of aliphatic hydroxyl groups is 1. The molecule has 0 aromatic rings. The molecule has 0 aromatic carbocycles. The van der Waals surface area contributed by atoms with Crippen molar-refractivity contribution in [1.29, 1.82) is 0 Å². The van der Waals surface area contributed by atoms with E-state index in [0.29, 0.717) is 12.8 Å². The lowest BCUT2D eigenvalue weighted by molar-refractivity contribution is -0.122. The van der Waals surface area contributed by atoms with Gasteiger partial charge in [-0.3, -0.25) is 9.35 Å². The molecule has 52 heavy (non-hydrogen) atoms. The Labute approximate surface area is 321 Å². The van der Waals surface area contributed by atoms with Crippen LogP contribution in [0.5, 0.6) is 0 Å². The van der Waals surface area contributed by atoms with Crippen molar-refractivity contribution in [2.75, 3.05) is 5.75 Å². The van der Waals surface area contributed by atoms with Crippen LogP contribution < -0.4 is 5.32 Å². The maximum Gasteiger partial charge on any atom is 0.267 e. The Morgan fingerprint density at radius 1 is 0.538 bits per heavy atom. The fourth-order valence-corrected chi connectivity index (χ4v) is 6.72. The van der Waals surface area contributed by atoms with E-state index in [4.69, 9.17) is 0 Å². The SMILES string of the molecule is CC/C=C\C/C=C\C/C=C\C/C=C\CCCCCCCCC(=O)NC(CS(=O)(=O)O)C(O)/C=C/CC/C=C/CCCCCCCCCCCCCC. The first-order valence-electron chi connectivity index (χ1n) is 21.1. The fourth-order valence-electron chi connectivity index (χ4n) is 5.99. The minimum Gasteiger partial charge on any atom is -0.387 e. The van der Waals surface area contributed by atoms with Gasteiger partial charge in [0.2, 0.25) is 5.91 Å². The quantitative estimate of drug-likeness (QED) is 0.0334. The van der Waals surface area contributed by atoms with Crippen LogP contribution in [0.4, 0.5) is 0 Å². The highest BCUT2D eigenvalue weighted by molar-refractivity contribution is 7.85. The second-order valence-corrected chi connectivity index (χ2v) is 15.7. The van der Waals surface area contributed by atoms with Gasteiger partial charge in [-0.05, 0) is 70.6 Å². The predicted octanol–water partition coefficient (Wildman–Crippen LogP) is 12.6. The van der Waals surface area contributed by atoms with Gasteiger partial charge in [0.1, 0.15) is 0 Å². The summed E-state index contributed by atoms with van der Waals surface area (Å²) in [7, 11) is -4.36. The first-order valence-corrected chi connectivity index (χ1v) is 22.7. The zero-order valence-corrected chi connectivity index (χ0v) is 34.2. The number of hydrogen-bond acceptors (Lipinski definition) is 4. The van der Waals surface area contributed by atoms with Crippen LogP contribution in [0.1, 0.15) is 187 Å². The average molecular weight is 746 g/mol. The van der Waals surface area contributed by atoms with Gasteiger partial charge in [-0.15, -0.1) is 0 Å². The van der Waals surface area contributed by atoms with E-state index in [9.17, 15) is 22.9 Å². The van der Waals surface area contributed by atoms with Crippen molar-refractivity contribution in [3.8, 4) is 0 Å². The molecule has 300 valence electrons. The highest BCUT2D eigenvalue weighted by atomic mass is 32.2. The summed E-state index contributed by atoms with van der Waals surface area (Å²) in [6.45, 7) is 4.41. The number of carbonyl (C=O) groups excluding carboxylic acids is 1. The van der Waals surface area contributed by atoms with Crippen molar-refractivity contribution in [2.45, 2.75) is 199 Å². The molecular weight excluding hydrogens is 667 g/mol. The number of hydrogen-bond donors (Lipinski definition) is 3. The Balaban J connectivity index is 4.00. The van der Waals surface area contributed by atoms with E-state index in [1.165, 1.54) is 83.1 Å². The molecule has 0 bridgehead atoms. The standard InChI is InChI=1S/C45H79NO5S/c1-3-5-7-9-11-13-15-17-19-21-23-25-27-29-31-33-35-37-39-41-45(48)46-43(42-52(49,50)51)44(47)40-38-36-34-32-30-28-26-24-22-20-18-16-14-12-10-8-6-4-2/h5,7,11,13,17,19,23,25,30,32,38,40,43-44,47H,3-4,6,8-10,12,14-16,18,20-22,24,26-29,31,33-37,39,41-42H2,1-2H3,(H,46,48)(H,49,50,51)/b7-5-,13-11-,19-17-,25-23-,32-30+,40-38+. The molecule has 1 amide bonds. The van der Waals surface area contributed by atoms with Gasteiger partial charge in [0.05, 0.1) is 17.9 Å². The molecule has 0 heterocycles. The minimum atomic E-state index is -4.36. The number of allylic oxidation sites excluding steroid dienone is 11. The molecule has 0 aromatic heterocycles. The molecule has 0 rings (SSSR count). The van der Waals surface area contributed by atoms with Crippen LogP contribution in [-0.2, 0) is 14.9 Å². The third kappa shape index (κ3) is 39.0. The van der Waals surface area contributed by atoms with E-state index in [2.05, 4.69) is 79.9 Å². The molecule has 2 unspecified atom stereocenters. The van der Waals surface area contributed by atoms with Gasteiger partial charge < -0.3 is 10.4 Å². The molecule has 0 saturated heterocycles. The number of rotatable bonds is 37. The van der Waals surface area contributed by atoms with Gasteiger partial charge >= 0.3 is 0 Å². The molecule has 0 spiro atoms. The van der Waals surface area contributed by atoms with E-state index < -0.39 is 28.0 Å². The molecule has 2 atom stereocenters.